The number of halogens is 1. The van der Waals surface area contributed by atoms with Gasteiger partial charge in [0.05, 0.1) is 24.6 Å². The Morgan fingerprint density at radius 3 is 2.52 bits per heavy atom. The summed E-state index contributed by atoms with van der Waals surface area (Å²) in [6.45, 7) is -0.182. The van der Waals surface area contributed by atoms with Crippen molar-refractivity contribution in [3.05, 3.63) is 78.4 Å². The van der Waals surface area contributed by atoms with Crippen molar-refractivity contribution in [3.63, 3.8) is 0 Å². The third kappa shape index (κ3) is 4.08. The molecule has 0 saturated heterocycles. The van der Waals surface area contributed by atoms with Crippen LogP contribution in [-0.2, 0) is 4.79 Å². The first-order valence-corrected chi connectivity index (χ1v) is 7.56. The van der Waals surface area contributed by atoms with Gasteiger partial charge in [-0.1, -0.05) is 30.3 Å². The van der Waals surface area contributed by atoms with Crippen LogP contribution in [0.1, 0.15) is 10.4 Å². The second kappa shape index (κ2) is 7.39. The van der Waals surface area contributed by atoms with Gasteiger partial charge >= 0.3 is 0 Å². The average molecular weight is 338 g/mol. The van der Waals surface area contributed by atoms with E-state index in [1.54, 1.807) is 48.5 Å². The van der Waals surface area contributed by atoms with Gasteiger partial charge < -0.3 is 10.6 Å². The number of anilines is 1. The third-order valence-corrected chi connectivity index (χ3v) is 3.41. The molecule has 0 spiro atoms. The zero-order valence-corrected chi connectivity index (χ0v) is 13.1. The van der Waals surface area contributed by atoms with Gasteiger partial charge in [-0.2, -0.15) is 5.10 Å². The second-order valence-electron chi connectivity index (χ2n) is 5.22. The molecule has 25 heavy (non-hydrogen) atoms. The molecule has 3 aromatic rings. The van der Waals surface area contributed by atoms with Crippen LogP contribution in [0.4, 0.5) is 10.1 Å². The van der Waals surface area contributed by atoms with Crippen molar-refractivity contribution in [3.8, 4) is 5.69 Å². The van der Waals surface area contributed by atoms with E-state index in [4.69, 9.17) is 0 Å². The molecular formula is C18H15FN4O2. The van der Waals surface area contributed by atoms with E-state index >= 15 is 0 Å². The Balaban J connectivity index is 1.57. The summed E-state index contributed by atoms with van der Waals surface area (Å²) in [7, 11) is 0. The molecule has 126 valence electrons. The Kier molecular flexibility index (Phi) is 4.84. The van der Waals surface area contributed by atoms with E-state index in [0.29, 0.717) is 11.3 Å². The first-order chi connectivity index (χ1) is 12.1. The molecule has 0 radical (unpaired) electrons. The molecule has 0 saturated carbocycles. The summed E-state index contributed by atoms with van der Waals surface area (Å²) in [5.74, 6) is -1.16. The molecule has 6 nitrogen and oxygen atoms in total. The summed E-state index contributed by atoms with van der Waals surface area (Å²) in [5, 5.41) is 9.15. The quantitative estimate of drug-likeness (QED) is 0.750. The van der Waals surface area contributed by atoms with Gasteiger partial charge in [0.25, 0.3) is 5.91 Å². The fourth-order valence-corrected chi connectivity index (χ4v) is 2.21. The largest absolute Gasteiger partial charge is 0.343 e. The van der Waals surface area contributed by atoms with E-state index in [9.17, 15) is 14.0 Å². The van der Waals surface area contributed by atoms with Crippen LogP contribution in [-0.4, -0.2) is 28.1 Å². The maximum absolute atomic E-state index is 13.7. The van der Waals surface area contributed by atoms with Crippen LogP contribution in [0, 0.1) is 5.82 Å². The van der Waals surface area contributed by atoms with Crippen LogP contribution in [0.3, 0.4) is 0 Å². The van der Waals surface area contributed by atoms with Crippen molar-refractivity contribution in [2.75, 3.05) is 11.9 Å². The number of amides is 2. The highest BCUT2D eigenvalue weighted by Crippen LogP contribution is 2.14. The fraction of sp³-hybridized carbons (Fsp3) is 0.0556. The molecule has 0 atom stereocenters. The zero-order valence-electron chi connectivity index (χ0n) is 13.1. The van der Waals surface area contributed by atoms with Gasteiger partial charge in [-0.05, 0) is 24.3 Å². The molecule has 0 aliphatic carbocycles. The van der Waals surface area contributed by atoms with E-state index in [0.717, 1.165) is 0 Å². The lowest BCUT2D eigenvalue weighted by Crippen LogP contribution is -2.32. The minimum Gasteiger partial charge on any atom is -0.343 e. The van der Waals surface area contributed by atoms with Crippen molar-refractivity contribution < 1.29 is 14.0 Å². The van der Waals surface area contributed by atoms with Gasteiger partial charge in [0.2, 0.25) is 5.91 Å². The topological polar surface area (TPSA) is 76.0 Å². The number of nitrogens with zero attached hydrogens (tertiary/aromatic N) is 2. The molecule has 0 unspecified atom stereocenters. The van der Waals surface area contributed by atoms with E-state index in [2.05, 4.69) is 15.7 Å². The van der Waals surface area contributed by atoms with E-state index < -0.39 is 11.7 Å². The number of rotatable bonds is 5. The van der Waals surface area contributed by atoms with Crippen molar-refractivity contribution in [1.82, 2.24) is 15.1 Å². The van der Waals surface area contributed by atoms with Crippen LogP contribution in [0.25, 0.3) is 5.69 Å². The van der Waals surface area contributed by atoms with Gasteiger partial charge in [-0.25, -0.2) is 9.07 Å². The van der Waals surface area contributed by atoms with Gasteiger partial charge in [0.15, 0.2) is 0 Å². The fourth-order valence-electron chi connectivity index (χ4n) is 2.21. The molecule has 0 bridgehead atoms. The monoisotopic (exact) mass is 338 g/mol. The van der Waals surface area contributed by atoms with Gasteiger partial charge in [0, 0.05) is 5.56 Å². The Hall–Kier alpha value is -3.48. The molecule has 1 heterocycles. The summed E-state index contributed by atoms with van der Waals surface area (Å²) in [5.41, 5.74) is 1.16. The first kappa shape index (κ1) is 16.4. The number of hydrogen-bond donors (Lipinski definition) is 2. The van der Waals surface area contributed by atoms with Crippen LogP contribution < -0.4 is 10.6 Å². The number of carbonyl (C=O) groups excluding carboxylic acids is 2. The molecule has 1 aromatic heterocycles. The summed E-state index contributed by atoms with van der Waals surface area (Å²) >= 11 is 0. The van der Waals surface area contributed by atoms with Crippen molar-refractivity contribution in [1.29, 1.82) is 0 Å². The Bertz CT molecular complexity index is 893. The molecular weight excluding hydrogens is 323 g/mol. The number of nitrogens with one attached hydrogen (secondary N) is 2. The van der Waals surface area contributed by atoms with Gasteiger partial charge in [0.1, 0.15) is 11.5 Å². The summed E-state index contributed by atoms with van der Waals surface area (Å²) in [6, 6.07) is 14.8. The van der Waals surface area contributed by atoms with Crippen molar-refractivity contribution in [2.24, 2.45) is 0 Å². The standard InChI is InChI=1S/C18H15FN4O2/c19-15-8-4-5-9-16(15)23-12-14(10-21-23)22-17(24)11-20-18(25)13-6-2-1-3-7-13/h1-10,12H,11H2,(H,20,25)(H,22,24). The first-order valence-electron chi connectivity index (χ1n) is 7.56. The van der Waals surface area contributed by atoms with Crippen LogP contribution >= 0.6 is 0 Å². The minimum absolute atomic E-state index is 0.182. The summed E-state index contributed by atoms with van der Waals surface area (Å²) < 4.78 is 15.0. The maximum Gasteiger partial charge on any atom is 0.251 e. The highest BCUT2D eigenvalue weighted by Gasteiger charge is 2.10. The highest BCUT2D eigenvalue weighted by atomic mass is 19.1. The van der Waals surface area contributed by atoms with E-state index in [-0.39, 0.29) is 18.1 Å². The second-order valence-corrected chi connectivity index (χ2v) is 5.22. The van der Waals surface area contributed by atoms with Gasteiger partial charge in [-0.15, -0.1) is 0 Å². The van der Waals surface area contributed by atoms with E-state index in [1.807, 2.05) is 0 Å². The Labute approximate surface area is 143 Å². The van der Waals surface area contributed by atoms with E-state index in [1.165, 1.54) is 23.1 Å². The number of para-hydroxylation sites is 1. The van der Waals surface area contributed by atoms with Gasteiger partial charge in [-0.3, -0.25) is 9.59 Å². The normalized spacial score (nSPS) is 10.3. The van der Waals surface area contributed by atoms with Crippen LogP contribution in [0.2, 0.25) is 0 Å². The maximum atomic E-state index is 13.7. The Morgan fingerprint density at radius 2 is 1.76 bits per heavy atom. The Morgan fingerprint density at radius 1 is 1.04 bits per heavy atom. The minimum atomic E-state index is -0.418. The molecule has 2 aromatic carbocycles. The number of aromatic nitrogens is 2. The molecule has 7 heteroatoms. The van der Waals surface area contributed by atoms with Crippen LogP contribution in [0.15, 0.2) is 67.0 Å². The molecule has 0 fully saturated rings. The molecule has 2 amide bonds. The zero-order chi connectivity index (χ0) is 17.6. The molecule has 0 aliphatic rings. The lowest BCUT2D eigenvalue weighted by Gasteiger charge is -2.05. The number of benzene rings is 2. The lowest BCUT2D eigenvalue weighted by molar-refractivity contribution is -0.115. The molecule has 3 rings (SSSR count). The van der Waals surface area contributed by atoms with Crippen LogP contribution in [0.5, 0.6) is 0 Å². The molecule has 0 aliphatic heterocycles. The summed E-state index contributed by atoms with van der Waals surface area (Å²) in [4.78, 5) is 23.8. The summed E-state index contributed by atoms with van der Waals surface area (Å²) in [6.07, 6.45) is 2.90. The SMILES string of the molecule is O=C(CNC(=O)c1ccccc1)Nc1cnn(-c2ccccc2F)c1. The highest BCUT2D eigenvalue weighted by molar-refractivity contribution is 5.99. The predicted octanol–water partition coefficient (Wildman–Crippen LogP) is 2.38. The molecule has 2 N–H and O–H groups in total. The van der Waals surface area contributed by atoms with Crippen molar-refractivity contribution >= 4 is 17.5 Å². The lowest BCUT2D eigenvalue weighted by atomic mass is 10.2. The van der Waals surface area contributed by atoms with Crippen molar-refractivity contribution in [2.45, 2.75) is 0 Å². The smallest absolute Gasteiger partial charge is 0.251 e. The average Bonchev–Trinajstić information content (AvgIpc) is 3.09. The third-order valence-electron chi connectivity index (χ3n) is 3.41. The number of carbonyl (C=O) groups is 2. The predicted molar refractivity (Wildman–Crippen MR) is 90.9 cm³/mol. The number of hydrogen-bond acceptors (Lipinski definition) is 3.